The van der Waals surface area contributed by atoms with Crippen LogP contribution < -0.4 is 5.32 Å². The summed E-state index contributed by atoms with van der Waals surface area (Å²) in [5.41, 5.74) is 0.777. The Hall–Kier alpha value is -1.67. The second kappa shape index (κ2) is 7.05. The summed E-state index contributed by atoms with van der Waals surface area (Å²) in [6, 6.07) is -1.53. The third-order valence-electron chi connectivity index (χ3n) is 2.34. The number of hydrogen-bond donors (Lipinski definition) is 2. The molecule has 2 N–H and O–H groups in total. The van der Waals surface area contributed by atoms with Gasteiger partial charge in [-0.3, -0.25) is 0 Å². The third-order valence-corrected chi connectivity index (χ3v) is 3.16. The van der Waals surface area contributed by atoms with Crippen molar-refractivity contribution < 1.29 is 19.4 Å². The molecule has 0 aromatic carbocycles. The number of aromatic nitrogens is 1. The zero-order chi connectivity index (χ0) is 14.4. The molecule has 0 spiro atoms. The number of amides is 2. The Morgan fingerprint density at radius 1 is 1.63 bits per heavy atom. The smallest absolute Gasteiger partial charge is 0.328 e. The number of rotatable bonds is 6. The van der Waals surface area contributed by atoms with Gasteiger partial charge in [0.1, 0.15) is 0 Å². The predicted octanol–water partition coefficient (Wildman–Crippen LogP) is 0.693. The van der Waals surface area contributed by atoms with Crippen LogP contribution in [0.25, 0.3) is 0 Å². The lowest BCUT2D eigenvalue weighted by Crippen LogP contribution is -2.48. The second-order valence-electron chi connectivity index (χ2n) is 4.01. The van der Waals surface area contributed by atoms with Crippen molar-refractivity contribution in [3.63, 3.8) is 0 Å². The molecule has 0 bridgehead atoms. The molecule has 0 radical (unpaired) electrons. The molecule has 1 aromatic rings. The van der Waals surface area contributed by atoms with Gasteiger partial charge in [-0.25, -0.2) is 14.6 Å². The van der Waals surface area contributed by atoms with Crippen LogP contribution in [0, 0.1) is 6.92 Å². The number of aliphatic carboxylic acids is 1. The summed E-state index contributed by atoms with van der Waals surface area (Å²) in [7, 11) is 2.96. The zero-order valence-corrected chi connectivity index (χ0v) is 11.9. The molecule has 0 fully saturated rings. The van der Waals surface area contributed by atoms with Crippen LogP contribution in [-0.2, 0) is 16.1 Å². The maximum Gasteiger partial charge on any atom is 0.328 e. The Bertz CT molecular complexity index is 449. The molecule has 0 aliphatic heterocycles. The molecule has 1 heterocycles. The van der Waals surface area contributed by atoms with Crippen molar-refractivity contribution in [1.82, 2.24) is 15.2 Å². The van der Waals surface area contributed by atoms with Crippen LogP contribution in [0.4, 0.5) is 4.79 Å². The number of carboxylic acids is 1. The fourth-order valence-corrected chi connectivity index (χ4v) is 2.00. The minimum atomic E-state index is -1.13. The number of aryl methyl sites for hydroxylation is 1. The average Bonchev–Trinajstić information content (AvgIpc) is 2.73. The highest BCUT2D eigenvalue weighted by Gasteiger charge is 2.21. The van der Waals surface area contributed by atoms with Crippen molar-refractivity contribution in [3.8, 4) is 0 Å². The first-order valence-corrected chi connectivity index (χ1v) is 6.46. The number of urea groups is 1. The summed E-state index contributed by atoms with van der Waals surface area (Å²) in [4.78, 5) is 28.3. The van der Waals surface area contributed by atoms with Crippen LogP contribution in [0.2, 0.25) is 0 Å². The number of methoxy groups -OCH3 is 1. The fourth-order valence-electron chi connectivity index (χ4n) is 1.40. The van der Waals surface area contributed by atoms with E-state index in [1.807, 2.05) is 12.3 Å². The van der Waals surface area contributed by atoms with Gasteiger partial charge in [-0.05, 0) is 6.92 Å². The monoisotopic (exact) mass is 287 g/mol. The highest BCUT2D eigenvalue weighted by atomic mass is 32.1. The highest BCUT2D eigenvalue weighted by Crippen LogP contribution is 2.09. The van der Waals surface area contributed by atoms with Crippen molar-refractivity contribution in [2.75, 3.05) is 20.8 Å². The first-order valence-electron chi connectivity index (χ1n) is 5.58. The van der Waals surface area contributed by atoms with Gasteiger partial charge in [0, 0.05) is 19.5 Å². The van der Waals surface area contributed by atoms with E-state index in [9.17, 15) is 9.59 Å². The van der Waals surface area contributed by atoms with Gasteiger partial charge in [0.2, 0.25) is 0 Å². The van der Waals surface area contributed by atoms with Gasteiger partial charge in [-0.2, -0.15) is 0 Å². The SMILES string of the molecule is COCC(NC(=O)N(C)Cc1csc(C)n1)C(=O)O. The zero-order valence-electron chi connectivity index (χ0n) is 11.0. The number of ether oxygens (including phenoxy) is 1. The Morgan fingerprint density at radius 2 is 2.32 bits per heavy atom. The number of nitrogens with zero attached hydrogens (tertiary/aromatic N) is 2. The maximum absolute atomic E-state index is 11.8. The van der Waals surface area contributed by atoms with Gasteiger partial charge in [-0.1, -0.05) is 0 Å². The summed E-state index contributed by atoms with van der Waals surface area (Å²) < 4.78 is 4.74. The lowest BCUT2D eigenvalue weighted by atomic mass is 10.3. The Labute approximate surface area is 115 Å². The van der Waals surface area contributed by atoms with E-state index in [1.165, 1.54) is 23.3 Å². The molecular formula is C11H17N3O4S. The number of thiazole rings is 1. The lowest BCUT2D eigenvalue weighted by Gasteiger charge is -2.20. The van der Waals surface area contributed by atoms with Crippen molar-refractivity contribution >= 4 is 23.3 Å². The molecule has 7 nitrogen and oxygen atoms in total. The number of hydrogen-bond acceptors (Lipinski definition) is 5. The topological polar surface area (TPSA) is 91.8 Å². The van der Waals surface area contributed by atoms with Gasteiger partial charge in [-0.15, -0.1) is 11.3 Å². The van der Waals surface area contributed by atoms with E-state index in [0.29, 0.717) is 6.54 Å². The quantitative estimate of drug-likeness (QED) is 0.803. The third kappa shape index (κ3) is 4.84. The summed E-state index contributed by atoms with van der Waals surface area (Å²) >= 11 is 1.50. The minimum absolute atomic E-state index is 0.0786. The molecule has 0 saturated carbocycles. The second-order valence-corrected chi connectivity index (χ2v) is 5.07. The van der Waals surface area contributed by atoms with Gasteiger partial charge in [0.25, 0.3) is 0 Å². The van der Waals surface area contributed by atoms with E-state index in [4.69, 9.17) is 9.84 Å². The standard InChI is InChI=1S/C11H17N3O4S/c1-7-12-8(6-19-7)4-14(2)11(17)13-9(5-18-3)10(15)16/h6,9H,4-5H2,1-3H3,(H,13,17)(H,15,16). The molecule has 2 amide bonds. The van der Waals surface area contributed by atoms with Crippen molar-refractivity contribution in [2.24, 2.45) is 0 Å². The first-order chi connectivity index (χ1) is 8.93. The highest BCUT2D eigenvalue weighted by molar-refractivity contribution is 7.09. The lowest BCUT2D eigenvalue weighted by molar-refractivity contribution is -0.140. The van der Waals surface area contributed by atoms with E-state index in [2.05, 4.69) is 10.3 Å². The van der Waals surface area contributed by atoms with Crippen molar-refractivity contribution in [3.05, 3.63) is 16.1 Å². The number of nitrogens with one attached hydrogen (secondary N) is 1. The Balaban J connectivity index is 2.54. The molecule has 1 rings (SSSR count). The van der Waals surface area contributed by atoms with Crippen molar-refractivity contribution in [2.45, 2.75) is 19.5 Å². The first kappa shape index (κ1) is 15.4. The summed E-state index contributed by atoms with van der Waals surface area (Å²) in [5.74, 6) is -1.13. The van der Waals surface area contributed by atoms with E-state index >= 15 is 0 Å². The molecule has 19 heavy (non-hydrogen) atoms. The van der Waals surface area contributed by atoms with Crippen LogP contribution in [0.5, 0.6) is 0 Å². The van der Waals surface area contributed by atoms with E-state index in [1.54, 1.807) is 7.05 Å². The molecule has 0 aliphatic carbocycles. The molecule has 106 valence electrons. The molecule has 1 unspecified atom stereocenters. The minimum Gasteiger partial charge on any atom is -0.480 e. The Morgan fingerprint density at radius 3 is 2.79 bits per heavy atom. The maximum atomic E-state index is 11.8. The predicted molar refractivity (Wildman–Crippen MR) is 70.1 cm³/mol. The number of carbonyl (C=O) groups excluding carboxylic acids is 1. The van der Waals surface area contributed by atoms with Crippen LogP contribution in [0.3, 0.4) is 0 Å². The van der Waals surface area contributed by atoms with Crippen LogP contribution in [0.15, 0.2) is 5.38 Å². The van der Waals surface area contributed by atoms with Gasteiger partial charge in [0.05, 0.1) is 23.9 Å². The molecule has 1 atom stereocenters. The van der Waals surface area contributed by atoms with Crippen LogP contribution in [0.1, 0.15) is 10.7 Å². The van der Waals surface area contributed by atoms with Gasteiger partial charge < -0.3 is 20.1 Å². The van der Waals surface area contributed by atoms with Crippen LogP contribution in [-0.4, -0.2) is 53.8 Å². The summed E-state index contributed by atoms with van der Waals surface area (Å²) in [6.45, 7) is 2.13. The van der Waals surface area contributed by atoms with E-state index in [0.717, 1.165) is 10.7 Å². The normalized spacial score (nSPS) is 11.9. The van der Waals surface area contributed by atoms with Gasteiger partial charge >= 0.3 is 12.0 Å². The molecule has 8 heteroatoms. The average molecular weight is 287 g/mol. The van der Waals surface area contributed by atoms with Crippen LogP contribution >= 0.6 is 11.3 Å². The molecular weight excluding hydrogens is 270 g/mol. The fraction of sp³-hybridized carbons (Fsp3) is 0.545. The molecule has 1 aromatic heterocycles. The number of carbonyl (C=O) groups is 2. The van der Waals surface area contributed by atoms with Crippen molar-refractivity contribution in [1.29, 1.82) is 0 Å². The molecule has 0 saturated heterocycles. The summed E-state index contributed by atoms with van der Waals surface area (Å²) in [5, 5.41) is 14.1. The number of carboxylic acid groups (broad SMARTS) is 1. The largest absolute Gasteiger partial charge is 0.480 e. The molecule has 0 aliphatic rings. The van der Waals surface area contributed by atoms with E-state index < -0.39 is 18.0 Å². The van der Waals surface area contributed by atoms with Gasteiger partial charge in [0.15, 0.2) is 6.04 Å². The van der Waals surface area contributed by atoms with E-state index in [-0.39, 0.29) is 6.61 Å². The summed E-state index contributed by atoms with van der Waals surface area (Å²) in [6.07, 6.45) is 0. The Kier molecular flexibility index (Phi) is 5.71.